The van der Waals surface area contributed by atoms with Gasteiger partial charge in [-0.05, 0) is 45.4 Å². The number of aromatic nitrogens is 1. The maximum atomic E-state index is 5.76. The Morgan fingerprint density at radius 3 is 2.85 bits per heavy atom. The predicted octanol–water partition coefficient (Wildman–Crippen LogP) is 2.50. The first kappa shape index (κ1) is 15.3. The lowest BCUT2D eigenvalue weighted by Gasteiger charge is -2.39. The van der Waals surface area contributed by atoms with Gasteiger partial charge in [-0.3, -0.25) is 0 Å². The van der Waals surface area contributed by atoms with Gasteiger partial charge in [-0.15, -0.1) is 0 Å². The normalized spacial score (nSPS) is 18.3. The molecule has 0 aromatic carbocycles. The molecule has 4 nitrogen and oxygen atoms in total. The molecular formula is C16H27N3O. The molecule has 20 heavy (non-hydrogen) atoms. The third-order valence-electron chi connectivity index (χ3n) is 3.67. The zero-order valence-electron chi connectivity index (χ0n) is 13.2. The fourth-order valence-corrected chi connectivity index (χ4v) is 2.55. The molecule has 0 aliphatic carbocycles. The minimum atomic E-state index is -0.0881. The predicted molar refractivity (Wildman–Crippen MR) is 83.2 cm³/mol. The Hall–Kier alpha value is -1.13. The van der Waals surface area contributed by atoms with Gasteiger partial charge in [-0.25, -0.2) is 4.98 Å². The van der Waals surface area contributed by atoms with Gasteiger partial charge in [0.2, 0.25) is 0 Å². The van der Waals surface area contributed by atoms with Crippen LogP contribution in [0, 0.1) is 6.92 Å². The standard InChI is InChI=1S/C16H27N3O/c1-5-8-17-11-14-6-7-15(18-13(14)2)19-9-10-20-16(3,4)12-19/h6-7,17H,5,8-12H2,1-4H3. The van der Waals surface area contributed by atoms with Crippen LogP contribution in [0.25, 0.3) is 0 Å². The zero-order chi connectivity index (χ0) is 14.6. The van der Waals surface area contributed by atoms with Gasteiger partial charge in [0.1, 0.15) is 5.82 Å². The molecular weight excluding hydrogens is 250 g/mol. The SMILES string of the molecule is CCCNCc1ccc(N2CCOC(C)(C)C2)nc1C. The van der Waals surface area contributed by atoms with Gasteiger partial charge in [-0.2, -0.15) is 0 Å². The van der Waals surface area contributed by atoms with Crippen molar-refractivity contribution in [2.45, 2.75) is 46.3 Å². The maximum absolute atomic E-state index is 5.76. The molecule has 0 amide bonds. The topological polar surface area (TPSA) is 37.4 Å². The van der Waals surface area contributed by atoms with Crippen molar-refractivity contribution in [2.75, 3.05) is 31.1 Å². The molecule has 0 saturated carbocycles. The number of anilines is 1. The summed E-state index contributed by atoms with van der Waals surface area (Å²) in [5, 5.41) is 3.43. The van der Waals surface area contributed by atoms with Gasteiger partial charge in [0.05, 0.1) is 12.2 Å². The number of ether oxygens (including phenoxy) is 1. The van der Waals surface area contributed by atoms with Crippen LogP contribution >= 0.6 is 0 Å². The van der Waals surface area contributed by atoms with Crippen molar-refractivity contribution in [3.8, 4) is 0 Å². The molecule has 0 atom stereocenters. The van der Waals surface area contributed by atoms with Gasteiger partial charge >= 0.3 is 0 Å². The molecule has 4 heteroatoms. The number of nitrogens with zero attached hydrogens (tertiary/aromatic N) is 2. The number of hydrogen-bond donors (Lipinski definition) is 1. The highest BCUT2D eigenvalue weighted by molar-refractivity contribution is 5.42. The van der Waals surface area contributed by atoms with Gasteiger partial charge in [-0.1, -0.05) is 13.0 Å². The van der Waals surface area contributed by atoms with Crippen LogP contribution in [0.5, 0.6) is 0 Å². The van der Waals surface area contributed by atoms with Crippen molar-refractivity contribution in [1.29, 1.82) is 0 Å². The first-order valence-electron chi connectivity index (χ1n) is 7.58. The van der Waals surface area contributed by atoms with Crippen molar-refractivity contribution in [2.24, 2.45) is 0 Å². The Bertz CT molecular complexity index is 445. The third-order valence-corrected chi connectivity index (χ3v) is 3.67. The molecule has 0 bridgehead atoms. The summed E-state index contributed by atoms with van der Waals surface area (Å²) in [5.74, 6) is 1.07. The minimum absolute atomic E-state index is 0.0881. The van der Waals surface area contributed by atoms with Gasteiger partial charge in [0, 0.05) is 25.3 Å². The number of aryl methyl sites for hydroxylation is 1. The van der Waals surface area contributed by atoms with Crippen molar-refractivity contribution >= 4 is 5.82 Å². The Balaban J connectivity index is 2.04. The van der Waals surface area contributed by atoms with E-state index in [-0.39, 0.29) is 5.60 Å². The Kier molecular flexibility index (Phi) is 5.00. The van der Waals surface area contributed by atoms with Gasteiger partial charge in [0.15, 0.2) is 0 Å². The van der Waals surface area contributed by atoms with Crippen molar-refractivity contribution in [1.82, 2.24) is 10.3 Å². The van der Waals surface area contributed by atoms with Gasteiger partial charge in [0.25, 0.3) is 0 Å². The van der Waals surface area contributed by atoms with E-state index in [1.54, 1.807) is 0 Å². The van der Waals surface area contributed by atoms with E-state index in [1.165, 1.54) is 5.56 Å². The van der Waals surface area contributed by atoms with Crippen LogP contribution in [0.3, 0.4) is 0 Å². The Morgan fingerprint density at radius 1 is 1.40 bits per heavy atom. The fourth-order valence-electron chi connectivity index (χ4n) is 2.55. The second-order valence-electron chi connectivity index (χ2n) is 6.12. The maximum Gasteiger partial charge on any atom is 0.128 e. The molecule has 2 heterocycles. The smallest absolute Gasteiger partial charge is 0.128 e. The van der Waals surface area contributed by atoms with Crippen LogP contribution in [0.4, 0.5) is 5.82 Å². The van der Waals surface area contributed by atoms with Crippen molar-refractivity contribution in [3.63, 3.8) is 0 Å². The van der Waals surface area contributed by atoms with Crippen LogP contribution in [0.1, 0.15) is 38.4 Å². The number of pyridine rings is 1. The van der Waals surface area contributed by atoms with Crippen LogP contribution in [-0.2, 0) is 11.3 Å². The van der Waals surface area contributed by atoms with E-state index in [0.29, 0.717) is 0 Å². The van der Waals surface area contributed by atoms with E-state index in [1.807, 2.05) is 0 Å². The molecule has 1 aromatic heterocycles. The third kappa shape index (κ3) is 3.93. The highest BCUT2D eigenvalue weighted by Gasteiger charge is 2.27. The molecule has 1 N–H and O–H groups in total. The summed E-state index contributed by atoms with van der Waals surface area (Å²) in [7, 11) is 0. The first-order chi connectivity index (χ1) is 9.52. The summed E-state index contributed by atoms with van der Waals surface area (Å²) in [4.78, 5) is 7.09. The summed E-state index contributed by atoms with van der Waals surface area (Å²) in [6, 6.07) is 4.33. The summed E-state index contributed by atoms with van der Waals surface area (Å²) < 4.78 is 5.76. The average Bonchev–Trinajstić information content (AvgIpc) is 2.39. The molecule has 112 valence electrons. The Labute approximate surface area is 122 Å². The molecule has 1 aromatic rings. The second-order valence-corrected chi connectivity index (χ2v) is 6.12. The van der Waals surface area contributed by atoms with E-state index in [2.05, 4.69) is 50.0 Å². The highest BCUT2D eigenvalue weighted by atomic mass is 16.5. The van der Waals surface area contributed by atoms with E-state index in [9.17, 15) is 0 Å². The lowest BCUT2D eigenvalue weighted by molar-refractivity contribution is -0.0279. The van der Waals surface area contributed by atoms with Crippen LogP contribution < -0.4 is 10.2 Å². The lowest BCUT2D eigenvalue weighted by Crippen LogP contribution is -2.48. The van der Waals surface area contributed by atoms with Crippen LogP contribution in [-0.4, -0.2) is 36.8 Å². The number of rotatable bonds is 5. The van der Waals surface area contributed by atoms with Gasteiger partial charge < -0.3 is 15.0 Å². The molecule has 0 unspecified atom stereocenters. The molecule has 1 aliphatic heterocycles. The monoisotopic (exact) mass is 277 g/mol. The average molecular weight is 277 g/mol. The molecule has 0 spiro atoms. The number of nitrogens with one attached hydrogen (secondary N) is 1. The van der Waals surface area contributed by atoms with Crippen LogP contribution in [0.15, 0.2) is 12.1 Å². The highest BCUT2D eigenvalue weighted by Crippen LogP contribution is 2.22. The quantitative estimate of drug-likeness (QED) is 0.839. The molecule has 2 rings (SSSR count). The zero-order valence-corrected chi connectivity index (χ0v) is 13.2. The van der Waals surface area contributed by atoms with Crippen LogP contribution in [0.2, 0.25) is 0 Å². The van der Waals surface area contributed by atoms with Crippen molar-refractivity contribution < 1.29 is 4.74 Å². The largest absolute Gasteiger partial charge is 0.372 e. The first-order valence-corrected chi connectivity index (χ1v) is 7.58. The second kappa shape index (κ2) is 6.55. The molecule has 1 fully saturated rings. The Morgan fingerprint density at radius 2 is 2.20 bits per heavy atom. The lowest BCUT2D eigenvalue weighted by atomic mass is 10.1. The fraction of sp³-hybridized carbons (Fsp3) is 0.688. The summed E-state index contributed by atoms with van der Waals surface area (Å²) in [6.45, 7) is 13.1. The molecule has 1 saturated heterocycles. The van der Waals surface area contributed by atoms with Crippen molar-refractivity contribution in [3.05, 3.63) is 23.4 Å². The summed E-state index contributed by atoms with van der Waals surface area (Å²) >= 11 is 0. The summed E-state index contributed by atoms with van der Waals surface area (Å²) in [6.07, 6.45) is 1.16. The minimum Gasteiger partial charge on any atom is -0.372 e. The van der Waals surface area contributed by atoms with E-state index in [0.717, 1.165) is 50.7 Å². The number of hydrogen-bond acceptors (Lipinski definition) is 4. The molecule has 1 aliphatic rings. The molecule has 0 radical (unpaired) electrons. The van der Waals surface area contributed by atoms with E-state index in [4.69, 9.17) is 9.72 Å². The summed E-state index contributed by atoms with van der Waals surface area (Å²) in [5.41, 5.74) is 2.32. The van der Waals surface area contributed by atoms with E-state index >= 15 is 0 Å². The number of morpholine rings is 1. The van der Waals surface area contributed by atoms with E-state index < -0.39 is 0 Å².